The third-order valence-corrected chi connectivity index (χ3v) is 3.19. The first-order chi connectivity index (χ1) is 9.54. The lowest BCUT2D eigenvalue weighted by molar-refractivity contribution is 0.0697. The van der Waals surface area contributed by atoms with Gasteiger partial charge in [0.15, 0.2) is 0 Å². The summed E-state index contributed by atoms with van der Waals surface area (Å²) in [5, 5.41) is 10.4. The SMILES string of the molecule is O=C(O)c1ccc(F)cc1-c1cc2cc(Cl)ccc2o1. The van der Waals surface area contributed by atoms with Gasteiger partial charge in [-0.25, -0.2) is 9.18 Å². The van der Waals surface area contributed by atoms with Gasteiger partial charge in [0, 0.05) is 16.0 Å². The number of aromatic carboxylic acids is 1. The largest absolute Gasteiger partial charge is 0.478 e. The number of benzene rings is 2. The molecule has 0 fully saturated rings. The van der Waals surface area contributed by atoms with Crippen molar-refractivity contribution in [2.75, 3.05) is 0 Å². The zero-order valence-corrected chi connectivity index (χ0v) is 10.8. The summed E-state index contributed by atoms with van der Waals surface area (Å²) in [6, 6.07) is 10.1. The highest BCUT2D eigenvalue weighted by atomic mass is 35.5. The van der Waals surface area contributed by atoms with Crippen molar-refractivity contribution >= 4 is 28.5 Å². The van der Waals surface area contributed by atoms with E-state index >= 15 is 0 Å². The Bertz CT molecular complexity index is 823. The lowest BCUT2D eigenvalue weighted by Crippen LogP contribution is -1.99. The number of hydrogen-bond acceptors (Lipinski definition) is 2. The third-order valence-electron chi connectivity index (χ3n) is 2.96. The van der Waals surface area contributed by atoms with E-state index in [0.717, 1.165) is 17.5 Å². The van der Waals surface area contributed by atoms with E-state index in [0.29, 0.717) is 16.4 Å². The summed E-state index contributed by atoms with van der Waals surface area (Å²) in [6.45, 7) is 0. The Morgan fingerprint density at radius 3 is 2.70 bits per heavy atom. The molecule has 1 N–H and O–H groups in total. The number of fused-ring (bicyclic) bond motifs is 1. The molecule has 0 atom stereocenters. The number of hydrogen-bond donors (Lipinski definition) is 1. The van der Waals surface area contributed by atoms with E-state index in [9.17, 15) is 9.18 Å². The fraction of sp³-hybridized carbons (Fsp3) is 0. The molecule has 0 unspecified atom stereocenters. The van der Waals surface area contributed by atoms with Crippen LogP contribution >= 0.6 is 11.6 Å². The molecule has 1 heterocycles. The number of carboxylic acids is 1. The van der Waals surface area contributed by atoms with Gasteiger partial charge in [-0.05, 0) is 42.5 Å². The lowest BCUT2D eigenvalue weighted by atomic mass is 10.0. The Morgan fingerprint density at radius 2 is 1.95 bits per heavy atom. The highest BCUT2D eigenvalue weighted by molar-refractivity contribution is 6.31. The average molecular weight is 291 g/mol. The van der Waals surface area contributed by atoms with Crippen LogP contribution in [-0.2, 0) is 0 Å². The minimum absolute atomic E-state index is 0.0171. The second-order valence-electron chi connectivity index (χ2n) is 4.29. The first-order valence-electron chi connectivity index (χ1n) is 5.77. The van der Waals surface area contributed by atoms with Crippen molar-refractivity contribution in [2.45, 2.75) is 0 Å². The minimum Gasteiger partial charge on any atom is -0.478 e. The Labute approximate surface area is 118 Å². The van der Waals surface area contributed by atoms with Gasteiger partial charge in [0.25, 0.3) is 0 Å². The van der Waals surface area contributed by atoms with Gasteiger partial charge in [0.2, 0.25) is 0 Å². The monoisotopic (exact) mass is 290 g/mol. The van der Waals surface area contributed by atoms with Crippen LogP contribution in [0.5, 0.6) is 0 Å². The lowest BCUT2D eigenvalue weighted by Gasteiger charge is -2.02. The molecule has 0 saturated heterocycles. The van der Waals surface area contributed by atoms with Crippen LogP contribution in [0.4, 0.5) is 4.39 Å². The van der Waals surface area contributed by atoms with E-state index in [4.69, 9.17) is 21.1 Å². The van der Waals surface area contributed by atoms with Crippen LogP contribution in [0.2, 0.25) is 5.02 Å². The van der Waals surface area contributed by atoms with Crippen molar-refractivity contribution in [3.63, 3.8) is 0 Å². The van der Waals surface area contributed by atoms with Crippen LogP contribution in [0.1, 0.15) is 10.4 Å². The van der Waals surface area contributed by atoms with Crippen LogP contribution in [0.15, 0.2) is 46.9 Å². The van der Waals surface area contributed by atoms with Crippen LogP contribution in [0, 0.1) is 5.82 Å². The fourth-order valence-electron chi connectivity index (χ4n) is 2.05. The fourth-order valence-corrected chi connectivity index (χ4v) is 2.23. The normalized spacial score (nSPS) is 10.9. The summed E-state index contributed by atoms with van der Waals surface area (Å²) in [6.07, 6.45) is 0. The van der Waals surface area contributed by atoms with E-state index in [1.54, 1.807) is 24.3 Å². The maximum Gasteiger partial charge on any atom is 0.336 e. The molecular weight excluding hydrogens is 283 g/mol. The van der Waals surface area contributed by atoms with Crippen molar-refractivity contribution in [1.82, 2.24) is 0 Å². The van der Waals surface area contributed by atoms with Gasteiger partial charge >= 0.3 is 5.97 Å². The van der Waals surface area contributed by atoms with Gasteiger partial charge in [0.1, 0.15) is 17.2 Å². The Morgan fingerprint density at radius 1 is 1.15 bits per heavy atom. The van der Waals surface area contributed by atoms with Crippen molar-refractivity contribution in [2.24, 2.45) is 0 Å². The summed E-state index contributed by atoms with van der Waals surface area (Å²) in [5.74, 6) is -1.37. The van der Waals surface area contributed by atoms with Gasteiger partial charge in [0.05, 0.1) is 5.56 Å². The Kier molecular flexibility index (Phi) is 2.95. The molecule has 5 heteroatoms. The molecule has 0 bridgehead atoms. The van der Waals surface area contributed by atoms with Crippen molar-refractivity contribution in [1.29, 1.82) is 0 Å². The van der Waals surface area contributed by atoms with E-state index in [-0.39, 0.29) is 11.1 Å². The molecule has 2 aromatic carbocycles. The van der Waals surface area contributed by atoms with E-state index in [2.05, 4.69) is 0 Å². The molecule has 3 nitrogen and oxygen atoms in total. The van der Waals surface area contributed by atoms with Gasteiger partial charge in [-0.1, -0.05) is 11.6 Å². The van der Waals surface area contributed by atoms with Crippen LogP contribution in [-0.4, -0.2) is 11.1 Å². The summed E-state index contributed by atoms with van der Waals surface area (Å²) < 4.78 is 18.9. The molecule has 0 saturated carbocycles. The van der Waals surface area contributed by atoms with E-state index in [1.807, 2.05) is 0 Å². The number of halogens is 2. The average Bonchev–Trinajstić information content (AvgIpc) is 2.81. The van der Waals surface area contributed by atoms with Crippen molar-refractivity contribution < 1.29 is 18.7 Å². The van der Waals surface area contributed by atoms with Crippen molar-refractivity contribution in [3.05, 3.63) is 58.9 Å². The quantitative estimate of drug-likeness (QED) is 0.751. The molecule has 20 heavy (non-hydrogen) atoms. The molecule has 3 aromatic rings. The Hall–Kier alpha value is -2.33. The molecule has 0 amide bonds. The molecule has 0 aliphatic carbocycles. The predicted octanol–water partition coefficient (Wildman–Crippen LogP) is 4.59. The maximum atomic E-state index is 13.4. The van der Waals surface area contributed by atoms with Crippen LogP contribution in [0.25, 0.3) is 22.3 Å². The first-order valence-corrected chi connectivity index (χ1v) is 6.15. The Balaban J connectivity index is 2.24. The second-order valence-corrected chi connectivity index (χ2v) is 4.72. The molecule has 0 aliphatic rings. The van der Waals surface area contributed by atoms with Crippen molar-refractivity contribution in [3.8, 4) is 11.3 Å². The smallest absolute Gasteiger partial charge is 0.336 e. The highest BCUT2D eigenvalue weighted by Crippen LogP contribution is 2.32. The molecular formula is C15H8ClFO3. The molecule has 3 rings (SSSR count). The number of carboxylic acid groups (broad SMARTS) is 1. The number of furan rings is 1. The maximum absolute atomic E-state index is 13.4. The summed E-state index contributed by atoms with van der Waals surface area (Å²) in [7, 11) is 0. The molecule has 0 aliphatic heterocycles. The number of rotatable bonds is 2. The molecule has 0 spiro atoms. The van der Waals surface area contributed by atoms with E-state index in [1.165, 1.54) is 6.07 Å². The second kappa shape index (κ2) is 4.65. The topological polar surface area (TPSA) is 50.4 Å². The third kappa shape index (κ3) is 2.14. The van der Waals surface area contributed by atoms with Gasteiger partial charge in [-0.3, -0.25) is 0 Å². The molecule has 1 aromatic heterocycles. The summed E-state index contributed by atoms with van der Waals surface area (Å²) in [5.41, 5.74) is 0.742. The van der Waals surface area contributed by atoms with Gasteiger partial charge < -0.3 is 9.52 Å². The summed E-state index contributed by atoms with van der Waals surface area (Å²) >= 11 is 5.89. The highest BCUT2D eigenvalue weighted by Gasteiger charge is 2.16. The zero-order chi connectivity index (χ0) is 14.3. The van der Waals surface area contributed by atoms with Gasteiger partial charge in [-0.15, -0.1) is 0 Å². The summed E-state index contributed by atoms with van der Waals surface area (Å²) in [4.78, 5) is 11.2. The zero-order valence-electron chi connectivity index (χ0n) is 10.1. The van der Waals surface area contributed by atoms with Gasteiger partial charge in [-0.2, -0.15) is 0 Å². The van der Waals surface area contributed by atoms with Crippen LogP contribution in [0.3, 0.4) is 0 Å². The molecule has 0 radical (unpaired) electrons. The standard InChI is InChI=1S/C15H8ClFO3/c16-9-1-4-13-8(5-9)6-14(20-13)12-7-10(17)2-3-11(12)15(18)19/h1-7H,(H,18,19). The predicted molar refractivity (Wildman–Crippen MR) is 73.6 cm³/mol. The first kappa shape index (κ1) is 12.7. The van der Waals surface area contributed by atoms with Crippen LogP contribution < -0.4 is 0 Å². The minimum atomic E-state index is -1.14. The van der Waals surface area contributed by atoms with E-state index < -0.39 is 11.8 Å². The number of carbonyl (C=O) groups is 1. The molecule has 100 valence electrons.